The fourth-order valence-corrected chi connectivity index (χ4v) is 3.08. The van der Waals surface area contributed by atoms with Crippen LogP contribution in [-0.2, 0) is 13.1 Å². The molecule has 134 valence electrons. The largest absolute Gasteiger partial charge is 0.339 e. The second-order valence-corrected chi connectivity index (χ2v) is 6.97. The van der Waals surface area contributed by atoms with Gasteiger partial charge in [-0.1, -0.05) is 19.0 Å². The Morgan fingerprint density at radius 1 is 1.44 bits per heavy atom. The molecular weight excluding hydrogens is 318 g/mol. The van der Waals surface area contributed by atoms with Crippen molar-refractivity contribution in [3.8, 4) is 6.07 Å². The SMILES string of the molecule is CC(C)c1nc(CN(C)[C@@H]2CCN(CCn3cc(C#N)cn3)C2)no1. The van der Waals surface area contributed by atoms with Gasteiger partial charge >= 0.3 is 0 Å². The molecule has 0 aliphatic carbocycles. The molecule has 0 spiro atoms. The molecule has 3 heterocycles. The van der Waals surface area contributed by atoms with Gasteiger partial charge in [-0.05, 0) is 20.0 Å². The van der Waals surface area contributed by atoms with Gasteiger partial charge in [0.05, 0.1) is 24.8 Å². The molecule has 0 radical (unpaired) electrons. The van der Waals surface area contributed by atoms with Gasteiger partial charge in [0.15, 0.2) is 5.82 Å². The summed E-state index contributed by atoms with van der Waals surface area (Å²) in [5, 5.41) is 17.1. The standard InChI is InChI=1S/C17H25N7O/c1-13(2)17-20-16(21-25-17)12-22(3)15-4-5-23(11-15)6-7-24-10-14(8-18)9-19-24/h9-10,13,15H,4-7,11-12H2,1-3H3/t15-/m1/s1. The van der Waals surface area contributed by atoms with Crippen LogP contribution in [0.15, 0.2) is 16.9 Å². The highest BCUT2D eigenvalue weighted by Crippen LogP contribution is 2.17. The lowest BCUT2D eigenvalue weighted by Crippen LogP contribution is -2.35. The van der Waals surface area contributed by atoms with Gasteiger partial charge in [-0.3, -0.25) is 14.5 Å². The first kappa shape index (κ1) is 17.6. The normalized spacial score (nSPS) is 18.3. The van der Waals surface area contributed by atoms with Crippen LogP contribution in [0.2, 0.25) is 0 Å². The summed E-state index contributed by atoms with van der Waals surface area (Å²) in [5.74, 6) is 1.72. The maximum Gasteiger partial charge on any atom is 0.229 e. The molecule has 1 fully saturated rings. The van der Waals surface area contributed by atoms with Crippen LogP contribution >= 0.6 is 0 Å². The number of nitriles is 1. The molecule has 1 aliphatic rings. The summed E-state index contributed by atoms with van der Waals surface area (Å²) in [7, 11) is 2.12. The van der Waals surface area contributed by atoms with Gasteiger partial charge in [0.1, 0.15) is 6.07 Å². The third-order valence-corrected chi connectivity index (χ3v) is 4.65. The van der Waals surface area contributed by atoms with E-state index in [-0.39, 0.29) is 5.92 Å². The van der Waals surface area contributed by atoms with Crippen LogP contribution in [-0.4, -0.2) is 62.4 Å². The van der Waals surface area contributed by atoms with Crippen LogP contribution in [0.4, 0.5) is 0 Å². The Morgan fingerprint density at radius 3 is 2.96 bits per heavy atom. The topological polar surface area (TPSA) is 87.0 Å². The van der Waals surface area contributed by atoms with Gasteiger partial charge < -0.3 is 4.52 Å². The van der Waals surface area contributed by atoms with Gasteiger partial charge in [0.25, 0.3) is 0 Å². The molecule has 25 heavy (non-hydrogen) atoms. The van der Waals surface area contributed by atoms with Crippen LogP contribution < -0.4 is 0 Å². The fraction of sp³-hybridized carbons (Fsp3) is 0.647. The molecule has 8 nitrogen and oxygen atoms in total. The number of aromatic nitrogens is 4. The minimum Gasteiger partial charge on any atom is -0.339 e. The summed E-state index contributed by atoms with van der Waals surface area (Å²) in [6.07, 6.45) is 4.53. The van der Waals surface area contributed by atoms with Crippen LogP contribution in [0.1, 0.15) is 43.5 Å². The molecule has 0 unspecified atom stereocenters. The van der Waals surface area contributed by atoms with E-state index in [2.05, 4.69) is 52.0 Å². The van der Waals surface area contributed by atoms with Crippen molar-refractivity contribution >= 4 is 0 Å². The zero-order valence-corrected chi connectivity index (χ0v) is 15.1. The molecule has 2 aromatic heterocycles. The number of hydrogen-bond acceptors (Lipinski definition) is 7. The monoisotopic (exact) mass is 343 g/mol. The van der Waals surface area contributed by atoms with Gasteiger partial charge in [0.2, 0.25) is 5.89 Å². The average molecular weight is 343 g/mol. The molecule has 8 heteroatoms. The summed E-state index contributed by atoms with van der Waals surface area (Å²) >= 11 is 0. The number of rotatable bonds is 7. The zero-order chi connectivity index (χ0) is 17.8. The third-order valence-electron chi connectivity index (χ3n) is 4.65. The van der Waals surface area contributed by atoms with Crippen molar-refractivity contribution in [2.45, 2.75) is 45.3 Å². The van der Waals surface area contributed by atoms with Gasteiger partial charge in [-0.2, -0.15) is 15.3 Å². The van der Waals surface area contributed by atoms with Crippen molar-refractivity contribution in [3.05, 3.63) is 29.7 Å². The maximum atomic E-state index is 8.84. The van der Waals surface area contributed by atoms with Crippen molar-refractivity contribution in [1.82, 2.24) is 29.7 Å². The predicted molar refractivity (Wildman–Crippen MR) is 91.6 cm³/mol. The predicted octanol–water partition coefficient (Wildman–Crippen LogP) is 1.47. The van der Waals surface area contributed by atoms with E-state index in [4.69, 9.17) is 9.78 Å². The minimum absolute atomic E-state index is 0.261. The molecule has 3 rings (SSSR count). The summed E-state index contributed by atoms with van der Waals surface area (Å²) in [6, 6.07) is 2.60. The highest BCUT2D eigenvalue weighted by molar-refractivity contribution is 5.21. The van der Waals surface area contributed by atoms with Gasteiger partial charge in [0, 0.05) is 31.2 Å². The smallest absolute Gasteiger partial charge is 0.229 e. The maximum absolute atomic E-state index is 8.84. The van der Waals surface area contributed by atoms with E-state index in [1.54, 1.807) is 12.4 Å². The first-order chi connectivity index (χ1) is 12.0. The molecule has 0 bridgehead atoms. The Kier molecular flexibility index (Phi) is 5.46. The lowest BCUT2D eigenvalue weighted by molar-refractivity contribution is 0.215. The number of nitrogens with zero attached hydrogens (tertiary/aromatic N) is 7. The molecule has 1 atom stereocenters. The van der Waals surface area contributed by atoms with Crippen molar-refractivity contribution in [2.75, 3.05) is 26.7 Å². The molecule has 0 saturated carbocycles. The Morgan fingerprint density at radius 2 is 2.28 bits per heavy atom. The van der Waals surface area contributed by atoms with E-state index in [1.807, 2.05) is 4.68 Å². The van der Waals surface area contributed by atoms with Crippen LogP contribution in [0.5, 0.6) is 0 Å². The molecule has 1 aliphatic heterocycles. The summed E-state index contributed by atoms with van der Waals surface area (Å²) in [4.78, 5) is 9.19. The van der Waals surface area contributed by atoms with Crippen LogP contribution in [0.25, 0.3) is 0 Å². The van der Waals surface area contributed by atoms with E-state index >= 15 is 0 Å². The van der Waals surface area contributed by atoms with Crippen molar-refractivity contribution in [3.63, 3.8) is 0 Å². The summed E-state index contributed by atoms with van der Waals surface area (Å²) in [6.45, 7) is 8.66. The number of hydrogen-bond donors (Lipinski definition) is 0. The van der Waals surface area contributed by atoms with Crippen molar-refractivity contribution in [1.29, 1.82) is 5.26 Å². The van der Waals surface area contributed by atoms with Gasteiger partial charge in [-0.15, -0.1) is 0 Å². The highest BCUT2D eigenvalue weighted by atomic mass is 16.5. The molecule has 2 aromatic rings. The van der Waals surface area contributed by atoms with E-state index in [1.165, 1.54) is 0 Å². The molecule has 0 N–H and O–H groups in total. The Hall–Kier alpha value is -2.24. The van der Waals surface area contributed by atoms with E-state index in [0.717, 1.165) is 38.4 Å². The highest BCUT2D eigenvalue weighted by Gasteiger charge is 2.26. The fourth-order valence-electron chi connectivity index (χ4n) is 3.08. The molecular formula is C17H25N7O. The number of likely N-dealkylation sites (N-methyl/N-ethyl adjacent to an activating group) is 1. The third kappa shape index (κ3) is 4.44. The lowest BCUT2D eigenvalue weighted by atomic mass is 10.2. The summed E-state index contributed by atoms with van der Waals surface area (Å²) in [5.41, 5.74) is 0.611. The average Bonchev–Trinajstić information content (AvgIpc) is 3.33. The quantitative estimate of drug-likeness (QED) is 0.752. The Labute approximate surface area is 148 Å². The van der Waals surface area contributed by atoms with E-state index in [9.17, 15) is 0 Å². The van der Waals surface area contributed by atoms with Crippen molar-refractivity contribution in [2.24, 2.45) is 0 Å². The Balaban J connectivity index is 1.45. The van der Waals surface area contributed by atoms with E-state index in [0.29, 0.717) is 24.0 Å². The van der Waals surface area contributed by atoms with Crippen LogP contribution in [0, 0.1) is 11.3 Å². The molecule has 0 aromatic carbocycles. The van der Waals surface area contributed by atoms with Crippen LogP contribution in [0.3, 0.4) is 0 Å². The van der Waals surface area contributed by atoms with Gasteiger partial charge in [-0.25, -0.2) is 0 Å². The lowest BCUT2D eigenvalue weighted by Gasteiger charge is -2.23. The zero-order valence-electron chi connectivity index (χ0n) is 15.1. The van der Waals surface area contributed by atoms with E-state index < -0.39 is 0 Å². The Bertz CT molecular complexity index is 729. The molecule has 0 amide bonds. The number of likely N-dealkylation sites (tertiary alicyclic amines) is 1. The summed E-state index contributed by atoms with van der Waals surface area (Å²) < 4.78 is 7.11. The van der Waals surface area contributed by atoms with Crippen molar-refractivity contribution < 1.29 is 4.52 Å². The second-order valence-electron chi connectivity index (χ2n) is 6.97. The first-order valence-corrected chi connectivity index (χ1v) is 8.72. The second kappa shape index (κ2) is 7.76. The minimum atomic E-state index is 0.261. The first-order valence-electron chi connectivity index (χ1n) is 8.72. The molecule has 1 saturated heterocycles.